The first-order valence-corrected chi connectivity index (χ1v) is 7.11. The first kappa shape index (κ1) is 14.1. The van der Waals surface area contributed by atoms with Gasteiger partial charge >= 0.3 is 0 Å². The van der Waals surface area contributed by atoms with Crippen LogP contribution in [-0.2, 0) is 6.61 Å². The Hall–Kier alpha value is -1.33. The van der Waals surface area contributed by atoms with Gasteiger partial charge in [0.1, 0.15) is 12.4 Å². The number of rotatable bonds is 4. The van der Waals surface area contributed by atoms with Crippen molar-refractivity contribution in [3.63, 3.8) is 0 Å². The van der Waals surface area contributed by atoms with E-state index >= 15 is 0 Å². The molecule has 0 aliphatic heterocycles. The van der Waals surface area contributed by atoms with Gasteiger partial charge in [0, 0.05) is 8.95 Å². The van der Waals surface area contributed by atoms with E-state index in [1.54, 1.807) is 12.1 Å². The number of benzene rings is 2. The molecule has 0 aliphatic carbocycles. The van der Waals surface area contributed by atoms with Gasteiger partial charge in [-0.15, -0.1) is 0 Å². The number of carbonyl (C=O) groups excluding carboxylic acids is 1. The number of ether oxygens (including phenoxy) is 1. The predicted octanol–water partition coefficient (Wildman–Crippen LogP) is 3.89. The molecule has 0 heterocycles. The molecule has 2 aromatic carbocycles. The summed E-state index contributed by atoms with van der Waals surface area (Å²) in [5.41, 5.74) is 6.71. The van der Waals surface area contributed by atoms with E-state index in [2.05, 4.69) is 31.9 Å². The lowest BCUT2D eigenvalue weighted by Gasteiger charge is -2.10. The van der Waals surface area contributed by atoms with Crippen molar-refractivity contribution in [1.82, 2.24) is 0 Å². The minimum absolute atomic E-state index is 0.367. The van der Waals surface area contributed by atoms with Crippen molar-refractivity contribution < 1.29 is 9.53 Å². The highest BCUT2D eigenvalue weighted by Crippen LogP contribution is 2.24. The molecule has 0 atom stereocenters. The third-order valence-electron chi connectivity index (χ3n) is 2.51. The molecule has 1 amide bonds. The molecule has 0 radical (unpaired) electrons. The van der Waals surface area contributed by atoms with Gasteiger partial charge in [0.05, 0.1) is 5.56 Å². The van der Waals surface area contributed by atoms with Gasteiger partial charge in [-0.25, -0.2) is 0 Å². The average Bonchev–Trinajstić information content (AvgIpc) is 2.39. The largest absolute Gasteiger partial charge is 0.488 e. The fourth-order valence-corrected chi connectivity index (χ4v) is 2.19. The number of carbonyl (C=O) groups is 1. The number of primary amides is 1. The quantitative estimate of drug-likeness (QED) is 0.869. The Morgan fingerprint density at radius 2 is 1.68 bits per heavy atom. The van der Waals surface area contributed by atoms with E-state index in [4.69, 9.17) is 10.5 Å². The fourth-order valence-electron chi connectivity index (χ4n) is 1.56. The van der Waals surface area contributed by atoms with Gasteiger partial charge in [0.15, 0.2) is 0 Å². The van der Waals surface area contributed by atoms with E-state index < -0.39 is 5.91 Å². The van der Waals surface area contributed by atoms with Crippen molar-refractivity contribution in [2.24, 2.45) is 5.73 Å². The standard InChI is InChI=1S/C14H11Br2NO2/c15-10-3-1-9(2-4-10)8-19-13-6-5-11(16)7-12(13)14(17)18/h1-7H,8H2,(H2,17,18). The Bertz CT molecular complexity index is 597. The van der Waals surface area contributed by atoms with Gasteiger partial charge in [0.25, 0.3) is 5.91 Å². The van der Waals surface area contributed by atoms with Gasteiger partial charge in [-0.1, -0.05) is 44.0 Å². The summed E-state index contributed by atoms with van der Waals surface area (Å²) < 4.78 is 7.44. The van der Waals surface area contributed by atoms with Crippen molar-refractivity contribution in [2.45, 2.75) is 6.61 Å². The highest BCUT2D eigenvalue weighted by Gasteiger charge is 2.10. The zero-order valence-corrected chi connectivity index (χ0v) is 13.1. The number of amides is 1. The van der Waals surface area contributed by atoms with Crippen LogP contribution >= 0.6 is 31.9 Å². The second kappa shape index (κ2) is 6.21. The van der Waals surface area contributed by atoms with Crippen LogP contribution in [0.15, 0.2) is 51.4 Å². The maximum Gasteiger partial charge on any atom is 0.252 e. The summed E-state index contributed by atoms with van der Waals surface area (Å²) in [6, 6.07) is 13.0. The third-order valence-corrected chi connectivity index (χ3v) is 3.54. The number of nitrogens with two attached hydrogens (primary N) is 1. The topological polar surface area (TPSA) is 52.3 Å². The van der Waals surface area contributed by atoms with E-state index in [-0.39, 0.29) is 0 Å². The Morgan fingerprint density at radius 3 is 2.32 bits per heavy atom. The van der Waals surface area contributed by atoms with Crippen molar-refractivity contribution in [3.8, 4) is 5.75 Å². The first-order chi connectivity index (χ1) is 9.06. The highest BCUT2D eigenvalue weighted by atomic mass is 79.9. The van der Waals surface area contributed by atoms with Gasteiger partial charge < -0.3 is 10.5 Å². The lowest BCUT2D eigenvalue weighted by atomic mass is 10.2. The first-order valence-electron chi connectivity index (χ1n) is 5.53. The summed E-state index contributed by atoms with van der Waals surface area (Å²) in [6.07, 6.45) is 0. The van der Waals surface area contributed by atoms with E-state index in [1.807, 2.05) is 30.3 Å². The smallest absolute Gasteiger partial charge is 0.252 e. The van der Waals surface area contributed by atoms with Crippen molar-refractivity contribution >= 4 is 37.8 Å². The summed E-state index contributed by atoms with van der Waals surface area (Å²) >= 11 is 6.67. The molecule has 0 unspecified atom stereocenters. The highest BCUT2D eigenvalue weighted by molar-refractivity contribution is 9.10. The zero-order chi connectivity index (χ0) is 13.8. The molecule has 0 aromatic heterocycles. The Balaban J connectivity index is 2.15. The molecular weight excluding hydrogens is 374 g/mol. The second-order valence-corrected chi connectivity index (χ2v) is 5.75. The fraction of sp³-hybridized carbons (Fsp3) is 0.0714. The van der Waals surface area contributed by atoms with Crippen LogP contribution in [0.2, 0.25) is 0 Å². The predicted molar refractivity (Wildman–Crippen MR) is 81.1 cm³/mol. The molecular formula is C14H11Br2NO2. The van der Waals surface area contributed by atoms with E-state index in [9.17, 15) is 4.79 Å². The van der Waals surface area contributed by atoms with Crippen LogP contribution in [-0.4, -0.2) is 5.91 Å². The summed E-state index contributed by atoms with van der Waals surface area (Å²) in [6.45, 7) is 0.384. The summed E-state index contributed by atoms with van der Waals surface area (Å²) in [5, 5.41) is 0. The zero-order valence-electron chi connectivity index (χ0n) is 9.90. The lowest BCUT2D eigenvalue weighted by Crippen LogP contribution is -2.13. The third kappa shape index (κ3) is 3.81. The van der Waals surface area contributed by atoms with Crippen LogP contribution in [0.1, 0.15) is 15.9 Å². The summed E-state index contributed by atoms with van der Waals surface area (Å²) in [4.78, 5) is 11.3. The molecule has 0 spiro atoms. The van der Waals surface area contributed by atoms with Gasteiger partial charge in [-0.05, 0) is 35.9 Å². The van der Waals surface area contributed by atoms with Crippen LogP contribution in [0.25, 0.3) is 0 Å². The van der Waals surface area contributed by atoms with Crippen molar-refractivity contribution in [2.75, 3.05) is 0 Å². The van der Waals surface area contributed by atoms with E-state index in [0.29, 0.717) is 17.9 Å². The van der Waals surface area contributed by atoms with Gasteiger partial charge in [0.2, 0.25) is 0 Å². The normalized spacial score (nSPS) is 10.2. The SMILES string of the molecule is NC(=O)c1cc(Br)ccc1OCc1ccc(Br)cc1. The molecule has 2 N–H and O–H groups in total. The van der Waals surface area contributed by atoms with Crippen LogP contribution in [0, 0.1) is 0 Å². The molecule has 0 fully saturated rings. The maximum absolute atomic E-state index is 11.3. The van der Waals surface area contributed by atoms with Crippen molar-refractivity contribution in [1.29, 1.82) is 0 Å². The van der Waals surface area contributed by atoms with E-state index in [0.717, 1.165) is 14.5 Å². The molecule has 0 saturated heterocycles. The Morgan fingerprint density at radius 1 is 1.05 bits per heavy atom. The van der Waals surface area contributed by atoms with Crippen LogP contribution in [0.3, 0.4) is 0 Å². The van der Waals surface area contributed by atoms with Crippen LogP contribution in [0.5, 0.6) is 5.75 Å². The van der Waals surface area contributed by atoms with Crippen LogP contribution in [0.4, 0.5) is 0 Å². The van der Waals surface area contributed by atoms with E-state index in [1.165, 1.54) is 0 Å². The molecule has 98 valence electrons. The molecule has 3 nitrogen and oxygen atoms in total. The molecule has 19 heavy (non-hydrogen) atoms. The van der Waals surface area contributed by atoms with Gasteiger partial charge in [-0.2, -0.15) is 0 Å². The Labute approximate surface area is 128 Å². The second-order valence-electron chi connectivity index (χ2n) is 3.92. The molecule has 5 heteroatoms. The Kier molecular flexibility index (Phi) is 4.61. The number of hydrogen-bond donors (Lipinski definition) is 1. The number of halogens is 2. The molecule has 2 rings (SSSR count). The van der Waals surface area contributed by atoms with Crippen LogP contribution < -0.4 is 10.5 Å². The summed E-state index contributed by atoms with van der Waals surface area (Å²) in [5.74, 6) is -0.0225. The molecule has 0 bridgehead atoms. The minimum Gasteiger partial charge on any atom is -0.488 e. The monoisotopic (exact) mass is 383 g/mol. The van der Waals surface area contributed by atoms with Gasteiger partial charge in [-0.3, -0.25) is 4.79 Å². The summed E-state index contributed by atoms with van der Waals surface area (Å²) in [7, 11) is 0. The lowest BCUT2D eigenvalue weighted by molar-refractivity contribution is 0.0996. The average molecular weight is 385 g/mol. The molecule has 0 saturated carbocycles. The van der Waals surface area contributed by atoms with Crippen molar-refractivity contribution in [3.05, 3.63) is 62.5 Å². The number of hydrogen-bond acceptors (Lipinski definition) is 2. The molecule has 2 aromatic rings. The maximum atomic E-state index is 11.3. The molecule has 0 aliphatic rings. The minimum atomic E-state index is -0.507.